The molecular weight excluding hydrogens is 372 g/mol. The van der Waals surface area contributed by atoms with E-state index in [4.69, 9.17) is 4.74 Å². The fraction of sp³-hybridized carbons (Fsp3) is 0.455. The van der Waals surface area contributed by atoms with Gasteiger partial charge in [0, 0.05) is 25.7 Å². The Labute approximate surface area is 168 Å². The van der Waals surface area contributed by atoms with Gasteiger partial charge in [-0.2, -0.15) is 4.31 Å². The van der Waals surface area contributed by atoms with Crippen molar-refractivity contribution < 1.29 is 13.2 Å². The number of likely N-dealkylation sites (tertiary alicyclic amines) is 1. The summed E-state index contributed by atoms with van der Waals surface area (Å²) in [6.45, 7) is 6.07. The normalized spacial score (nSPS) is 25.8. The highest BCUT2D eigenvalue weighted by Gasteiger charge is 2.49. The number of aryl methyl sites for hydroxylation is 2. The fourth-order valence-electron chi connectivity index (χ4n) is 4.92. The average molecular weight is 401 g/mol. The van der Waals surface area contributed by atoms with E-state index in [0.29, 0.717) is 30.7 Å². The van der Waals surface area contributed by atoms with Crippen molar-refractivity contribution in [1.29, 1.82) is 0 Å². The van der Waals surface area contributed by atoms with Gasteiger partial charge in [0.25, 0.3) is 0 Å². The third-order valence-corrected chi connectivity index (χ3v) is 8.16. The Morgan fingerprint density at radius 1 is 1.04 bits per heavy atom. The van der Waals surface area contributed by atoms with Gasteiger partial charge >= 0.3 is 0 Å². The van der Waals surface area contributed by atoms with Crippen LogP contribution in [0.25, 0.3) is 0 Å². The molecule has 2 saturated heterocycles. The summed E-state index contributed by atoms with van der Waals surface area (Å²) in [6, 6.07) is 14.0. The first-order valence-corrected chi connectivity index (χ1v) is 11.2. The monoisotopic (exact) mass is 400 g/mol. The lowest BCUT2D eigenvalue weighted by atomic mass is 9.88. The number of fused-ring (bicyclic) bond motifs is 1. The molecule has 6 heteroatoms. The van der Waals surface area contributed by atoms with E-state index in [1.54, 1.807) is 16.4 Å². The van der Waals surface area contributed by atoms with Crippen molar-refractivity contribution in [2.45, 2.75) is 24.8 Å². The van der Waals surface area contributed by atoms with Crippen molar-refractivity contribution in [2.24, 2.45) is 11.8 Å². The van der Waals surface area contributed by atoms with Crippen molar-refractivity contribution in [3.63, 3.8) is 0 Å². The number of sulfonamides is 1. The first-order chi connectivity index (χ1) is 13.3. The molecule has 0 radical (unpaired) electrons. The number of hydrogen-bond donors (Lipinski definition) is 0. The van der Waals surface area contributed by atoms with Crippen LogP contribution in [0.15, 0.2) is 47.4 Å². The molecule has 0 unspecified atom stereocenters. The number of nitrogens with zero attached hydrogens (tertiary/aromatic N) is 2. The Hall–Kier alpha value is -1.89. The molecule has 0 aliphatic carbocycles. The SMILES string of the molecule is COc1ccc(C)cc1S(=O)(=O)N1C[C@@H]2CN(C)[C@@H](c3ccccc3C)[C@@H]2C1. The molecule has 28 heavy (non-hydrogen) atoms. The van der Waals surface area contributed by atoms with E-state index in [-0.39, 0.29) is 10.9 Å². The third kappa shape index (κ3) is 3.13. The molecule has 0 N–H and O–H groups in total. The summed E-state index contributed by atoms with van der Waals surface area (Å²) < 4.78 is 33.9. The first-order valence-electron chi connectivity index (χ1n) is 9.73. The number of ether oxygens (including phenoxy) is 1. The maximum atomic E-state index is 13.4. The van der Waals surface area contributed by atoms with Crippen LogP contribution in [-0.2, 0) is 10.0 Å². The van der Waals surface area contributed by atoms with Crippen LogP contribution in [0.4, 0.5) is 0 Å². The average Bonchev–Trinajstić information content (AvgIpc) is 3.20. The van der Waals surface area contributed by atoms with Crippen LogP contribution in [0.2, 0.25) is 0 Å². The highest BCUT2D eigenvalue weighted by atomic mass is 32.2. The smallest absolute Gasteiger partial charge is 0.246 e. The van der Waals surface area contributed by atoms with Crippen LogP contribution in [-0.4, -0.2) is 51.4 Å². The molecule has 3 atom stereocenters. The quantitative estimate of drug-likeness (QED) is 0.791. The van der Waals surface area contributed by atoms with E-state index < -0.39 is 10.0 Å². The molecular formula is C22H28N2O3S. The second-order valence-electron chi connectivity index (χ2n) is 8.14. The van der Waals surface area contributed by atoms with Gasteiger partial charge in [0.2, 0.25) is 10.0 Å². The van der Waals surface area contributed by atoms with Gasteiger partial charge < -0.3 is 4.74 Å². The van der Waals surface area contributed by atoms with E-state index in [0.717, 1.165) is 12.1 Å². The minimum Gasteiger partial charge on any atom is -0.495 e. The van der Waals surface area contributed by atoms with Gasteiger partial charge in [-0.25, -0.2) is 8.42 Å². The molecule has 0 saturated carbocycles. The second kappa shape index (κ2) is 7.17. The Morgan fingerprint density at radius 2 is 1.79 bits per heavy atom. The number of methoxy groups -OCH3 is 1. The van der Waals surface area contributed by atoms with Crippen LogP contribution in [0.5, 0.6) is 5.75 Å². The molecule has 0 spiro atoms. The standard InChI is InChI=1S/C22H28N2O3S/c1-15-9-10-20(27-4)21(11-15)28(25,26)24-13-17-12-23(3)22(19(17)14-24)18-8-6-5-7-16(18)2/h5-11,17,19,22H,12-14H2,1-4H3/t17-,19+,22-/m0/s1. The predicted octanol–water partition coefficient (Wildman–Crippen LogP) is 3.24. The zero-order valence-electron chi connectivity index (χ0n) is 16.9. The summed E-state index contributed by atoms with van der Waals surface area (Å²) >= 11 is 0. The molecule has 4 rings (SSSR count). The summed E-state index contributed by atoms with van der Waals surface area (Å²) in [4.78, 5) is 2.66. The molecule has 2 aromatic carbocycles. The Bertz CT molecular complexity index is 989. The van der Waals surface area contributed by atoms with E-state index in [2.05, 4.69) is 43.1 Å². The van der Waals surface area contributed by atoms with Crippen molar-refractivity contribution >= 4 is 10.0 Å². The van der Waals surface area contributed by atoms with E-state index in [1.807, 2.05) is 13.0 Å². The van der Waals surface area contributed by atoms with Crippen LogP contribution >= 0.6 is 0 Å². The molecule has 2 aromatic rings. The maximum Gasteiger partial charge on any atom is 0.246 e. The van der Waals surface area contributed by atoms with Crippen molar-refractivity contribution in [3.8, 4) is 5.75 Å². The first kappa shape index (κ1) is 19.4. The van der Waals surface area contributed by atoms with Crippen molar-refractivity contribution in [3.05, 3.63) is 59.2 Å². The Balaban J connectivity index is 1.66. The molecule has 2 fully saturated rings. The molecule has 0 bridgehead atoms. The number of benzene rings is 2. The van der Waals surface area contributed by atoms with Crippen molar-refractivity contribution in [2.75, 3.05) is 33.8 Å². The van der Waals surface area contributed by atoms with E-state index >= 15 is 0 Å². The van der Waals surface area contributed by atoms with Crippen LogP contribution in [0.1, 0.15) is 22.7 Å². The second-order valence-corrected chi connectivity index (χ2v) is 10.0. The van der Waals surface area contributed by atoms with Crippen LogP contribution < -0.4 is 4.74 Å². The topological polar surface area (TPSA) is 49.9 Å². The Morgan fingerprint density at radius 3 is 2.50 bits per heavy atom. The van der Waals surface area contributed by atoms with Gasteiger partial charge in [-0.3, -0.25) is 4.90 Å². The fourth-order valence-corrected chi connectivity index (χ4v) is 6.70. The molecule has 0 aromatic heterocycles. The third-order valence-electron chi connectivity index (χ3n) is 6.31. The maximum absolute atomic E-state index is 13.4. The van der Waals surface area contributed by atoms with Gasteiger partial charge in [0.05, 0.1) is 7.11 Å². The minimum atomic E-state index is -3.59. The van der Waals surface area contributed by atoms with Gasteiger partial charge in [0.1, 0.15) is 10.6 Å². The predicted molar refractivity (Wildman–Crippen MR) is 110 cm³/mol. The summed E-state index contributed by atoms with van der Waals surface area (Å²) in [5.41, 5.74) is 3.49. The Kier molecular flexibility index (Phi) is 4.98. The number of hydrogen-bond acceptors (Lipinski definition) is 4. The lowest BCUT2D eigenvalue weighted by Gasteiger charge is -2.28. The van der Waals surface area contributed by atoms with Gasteiger partial charge in [-0.1, -0.05) is 30.3 Å². The summed E-state index contributed by atoms with van der Waals surface area (Å²) in [5, 5.41) is 0. The molecule has 2 aliphatic heterocycles. The van der Waals surface area contributed by atoms with Crippen molar-refractivity contribution in [1.82, 2.24) is 9.21 Å². The lowest BCUT2D eigenvalue weighted by molar-refractivity contribution is 0.260. The van der Waals surface area contributed by atoms with Gasteiger partial charge in [0.15, 0.2) is 0 Å². The van der Waals surface area contributed by atoms with E-state index in [1.165, 1.54) is 18.2 Å². The largest absolute Gasteiger partial charge is 0.495 e. The molecule has 5 nitrogen and oxygen atoms in total. The molecule has 2 aliphatic rings. The van der Waals surface area contributed by atoms with Gasteiger partial charge in [-0.15, -0.1) is 0 Å². The zero-order valence-corrected chi connectivity index (χ0v) is 17.7. The molecule has 0 amide bonds. The summed E-state index contributed by atoms with van der Waals surface area (Å²) in [7, 11) is 0.0807. The summed E-state index contributed by atoms with van der Waals surface area (Å²) in [5.74, 6) is 1.06. The molecule has 2 heterocycles. The number of rotatable bonds is 4. The zero-order chi connectivity index (χ0) is 20.1. The van der Waals surface area contributed by atoms with E-state index in [9.17, 15) is 8.42 Å². The minimum absolute atomic E-state index is 0.255. The lowest BCUT2D eigenvalue weighted by Crippen LogP contribution is -2.33. The molecule has 150 valence electrons. The highest BCUT2D eigenvalue weighted by Crippen LogP contribution is 2.46. The van der Waals surface area contributed by atoms with Crippen LogP contribution in [0, 0.1) is 25.7 Å². The van der Waals surface area contributed by atoms with Gasteiger partial charge in [-0.05, 0) is 61.6 Å². The van der Waals surface area contributed by atoms with Crippen LogP contribution in [0.3, 0.4) is 0 Å². The summed E-state index contributed by atoms with van der Waals surface area (Å²) in [6.07, 6.45) is 0. The highest BCUT2D eigenvalue weighted by molar-refractivity contribution is 7.89.